The maximum Gasteiger partial charge on any atom is 0.329 e. The van der Waals surface area contributed by atoms with Crippen molar-refractivity contribution in [1.29, 1.82) is 0 Å². The number of amides is 3. The fourth-order valence-electron chi connectivity index (χ4n) is 3.37. The number of pyridine rings is 1. The van der Waals surface area contributed by atoms with Gasteiger partial charge >= 0.3 is 6.03 Å². The van der Waals surface area contributed by atoms with Crippen LogP contribution in [0.4, 0.5) is 10.5 Å². The van der Waals surface area contributed by atoms with Crippen LogP contribution in [-0.4, -0.2) is 29.1 Å². The SMILES string of the molecule is CC1(C)NC(=O)N(c2ccc(Oc3cccc4c3C(C)(C)CO4)nc2)C1=O. The molecule has 0 radical (unpaired) electrons. The van der Waals surface area contributed by atoms with Crippen molar-refractivity contribution in [1.82, 2.24) is 10.3 Å². The van der Waals surface area contributed by atoms with Crippen LogP contribution in [0.25, 0.3) is 0 Å². The lowest BCUT2D eigenvalue weighted by Gasteiger charge is -2.19. The number of benzene rings is 1. The number of aromatic nitrogens is 1. The van der Waals surface area contributed by atoms with Crippen LogP contribution >= 0.6 is 0 Å². The molecule has 0 bridgehead atoms. The lowest BCUT2D eigenvalue weighted by Crippen LogP contribution is -2.40. The zero-order chi connectivity index (χ0) is 19.4. The lowest BCUT2D eigenvalue weighted by molar-refractivity contribution is -0.121. The minimum Gasteiger partial charge on any atom is -0.492 e. The molecule has 0 spiro atoms. The van der Waals surface area contributed by atoms with Crippen molar-refractivity contribution in [2.24, 2.45) is 0 Å². The number of imide groups is 1. The second kappa shape index (κ2) is 5.70. The Morgan fingerprint density at radius 3 is 2.56 bits per heavy atom. The van der Waals surface area contributed by atoms with Gasteiger partial charge in [0.15, 0.2) is 0 Å². The van der Waals surface area contributed by atoms with Crippen molar-refractivity contribution in [3.05, 3.63) is 42.1 Å². The number of nitrogens with one attached hydrogen (secondary N) is 1. The number of carbonyl (C=O) groups excluding carboxylic acids is 2. The quantitative estimate of drug-likeness (QED) is 0.841. The highest BCUT2D eigenvalue weighted by Gasteiger charge is 2.45. The number of carbonyl (C=O) groups is 2. The Morgan fingerprint density at radius 2 is 1.93 bits per heavy atom. The van der Waals surface area contributed by atoms with Crippen LogP contribution in [0.1, 0.15) is 33.3 Å². The van der Waals surface area contributed by atoms with Crippen molar-refractivity contribution in [3.8, 4) is 17.4 Å². The average Bonchev–Trinajstić information content (AvgIpc) is 3.02. The van der Waals surface area contributed by atoms with Gasteiger partial charge in [0.25, 0.3) is 5.91 Å². The number of urea groups is 1. The van der Waals surface area contributed by atoms with Gasteiger partial charge in [0.2, 0.25) is 5.88 Å². The van der Waals surface area contributed by atoms with Gasteiger partial charge in [-0.3, -0.25) is 4.79 Å². The second-order valence-electron chi connectivity index (χ2n) is 7.95. The molecule has 1 saturated heterocycles. The second-order valence-corrected chi connectivity index (χ2v) is 7.95. The molecule has 4 rings (SSSR count). The van der Waals surface area contributed by atoms with Gasteiger partial charge in [-0.2, -0.15) is 0 Å². The van der Waals surface area contributed by atoms with Crippen molar-refractivity contribution >= 4 is 17.6 Å². The third-order valence-electron chi connectivity index (χ3n) is 4.81. The van der Waals surface area contributed by atoms with E-state index in [0.29, 0.717) is 23.9 Å². The van der Waals surface area contributed by atoms with E-state index in [9.17, 15) is 9.59 Å². The molecule has 0 unspecified atom stereocenters. The summed E-state index contributed by atoms with van der Waals surface area (Å²) in [4.78, 5) is 29.8. The topological polar surface area (TPSA) is 80.8 Å². The summed E-state index contributed by atoms with van der Waals surface area (Å²) in [5.41, 5.74) is 0.323. The number of hydrogen-bond donors (Lipinski definition) is 1. The molecule has 1 aromatic heterocycles. The number of rotatable bonds is 3. The third-order valence-corrected chi connectivity index (χ3v) is 4.81. The van der Waals surface area contributed by atoms with Crippen LogP contribution in [0.15, 0.2) is 36.5 Å². The number of fused-ring (bicyclic) bond motifs is 1. The third kappa shape index (κ3) is 2.79. The van der Waals surface area contributed by atoms with Crippen LogP contribution in [0.2, 0.25) is 0 Å². The van der Waals surface area contributed by atoms with Gasteiger partial charge in [-0.1, -0.05) is 19.9 Å². The lowest BCUT2D eigenvalue weighted by atomic mass is 9.86. The van der Waals surface area contributed by atoms with Crippen molar-refractivity contribution in [3.63, 3.8) is 0 Å². The Hall–Kier alpha value is -3.09. The van der Waals surface area contributed by atoms with E-state index in [-0.39, 0.29) is 11.3 Å². The first-order valence-corrected chi connectivity index (χ1v) is 8.76. The summed E-state index contributed by atoms with van der Waals surface area (Å²) in [5, 5.41) is 2.65. The number of anilines is 1. The monoisotopic (exact) mass is 367 g/mol. The van der Waals surface area contributed by atoms with Gasteiger partial charge in [0.1, 0.15) is 17.0 Å². The Kier molecular flexibility index (Phi) is 3.66. The minimum atomic E-state index is -0.928. The van der Waals surface area contributed by atoms with Crippen LogP contribution in [0.3, 0.4) is 0 Å². The highest BCUT2D eigenvalue weighted by Crippen LogP contribution is 2.45. The summed E-state index contributed by atoms with van der Waals surface area (Å²) < 4.78 is 11.7. The molecule has 1 N–H and O–H groups in total. The number of ether oxygens (including phenoxy) is 2. The smallest absolute Gasteiger partial charge is 0.329 e. The molecular formula is C20H21N3O4. The maximum atomic E-state index is 12.4. The van der Waals surface area contributed by atoms with Gasteiger partial charge in [-0.25, -0.2) is 14.7 Å². The Labute approximate surface area is 157 Å². The molecule has 140 valence electrons. The van der Waals surface area contributed by atoms with Gasteiger partial charge in [0.05, 0.1) is 18.5 Å². The van der Waals surface area contributed by atoms with Crippen LogP contribution in [0, 0.1) is 0 Å². The molecule has 3 heterocycles. The van der Waals surface area contributed by atoms with Gasteiger partial charge < -0.3 is 14.8 Å². The van der Waals surface area contributed by atoms with Crippen LogP contribution in [0.5, 0.6) is 17.4 Å². The van der Waals surface area contributed by atoms with E-state index in [0.717, 1.165) is 16.2 Å². The van der Waals surface area contributed by atoms with E-state index < -0.39 is 11.6 Å². The van der Waals surface area contributed by atoms with Gasteiger partial charge in [-0.15, -0.1) is 0 Å². The number of hydrogen-bond acceptors (Lipinski definition) is 5. The first kappa shape index (κ1) is 17.3. The zero-order valence-corrected chi connectivity index (χ0v) is 15.7. The zero-order valence-electron chi connectivity index (χ0n) is 15.7. The molecule has 2 aliphatic heterocycles. The Balaban J connectivity index is 1.60. The number of nitrogens with zero attached hydrogens (tertiary/aromatic N) is 2. The van der Waals surface area contributed by atoms with E-state index in [1.165, 1.54) is 6.20 Å². The maximum absolute atomic E-state index is 12.4. The van der Waals surface area contributed by atoms with E-state index in [4.69, 9.17) is 9.47 Å². The first-order valence-electron chi connectivity index (χ1n) is 8.76. The molecule has 0 aliphatic carbocycles. The van der Waals surface area contributed by atoms with Crippen molar-refractivity contribution < 1.29 is 19.1 Å². The summed E-state index contributed by atoms with van der Waals surface area (Å²) in [6.45, 7) is 8.12. The molecule has 27 heavy (non-hydrogen) atoms. The van der Waals surface area contributed by atoms with Gasteiger partial charge in [-0.05, 0) is 32.0 Å². The summed E-state index contributed by atoms with van der Waals surface area (Å²) in [5.74, 6) is 1.56. The first-order chi connectivity index (χ1) is 12.7. The van der Waals surface area contributed by atoms with E-state index in [1.807, 2.05) is 18.2 Å². The molecule has 0 atom stereocenters. The molecule has 0 saturated carbocycles. The van der Waals surface area contributed by atoms with Crippen molar-refractivity contribution in [2.75, 3.05) is 11.5 Å². The molecule has 2 aliphatic rings. The highest BCUT2D eigenvalue weighted by molar-refractivity contribution is 6.22. The summed E-state index contributed by atoms with van der Waals surface area (Å²) in [6.07, 6.45) is 1.46. The summed E-state index contributed by atoms with van der Waals surface area (Å²) >= 11 is 0. The Bertz CT molecular complexity index is 935. The fraction of sp³-hybridized carbons (Fsp3) is 0.350. The molecule has 3 amide bonds. The largest absolute Gasteiger partial charge is 0.492 e. The average molecular weight is 367 g/mol. The van der Waals surface area contributed by atoms with Gasteiger partial charge in [0, 0.05) is 17.0 Å². The predicted octanol–water partition coefficient (Wildman–Crippen LogP) is 3.38. The molecular weight excluding hydrogens is 346 g/mol. The summed E-state index contributed by atoms with van der Waals surface area (Å²) in [7, 11) is 0. The molecule has 2 aromatic rings. The minimum absolute atomic E-state index is 0.155. The predicted molar refractivity (Wildman–Crippen MR) is 99.4 cm³/mol. The molecule has 1 fully saturated rings. The van der Waals surface area contributed by atoms with E-state index >= 15 is 0 Å². The van der Waals surface area contributed by atoms with E-state index in [2.05, 4.69) is 24.1 Å². The standard InChI is InChI=1S/C20H21N3O4/c1-19(2)11-26-13-6-5-7-14(16(13)19)27-15-9-8-12(10-21-15)23-17(24)20(3,4)22-18(23)25/h5-10H,11H2,1-4H3,(H,22,25). The molecule has 7 nitrogen and oxygen atoms in total. The molecule has 1 aromatic carbocycles. The van der Waals surface area contributed by atoms with Crippen LogP contribution < -0.4 is 19.7 Å². The normalized spacial score (nSPS) is 19.5. The fourth-order valence-corrected chi connectivity index (χ4v) is 3.37. The van der Waals surface area contributed by atoms with E-state index in [1.54, 1.807) is 26.0 Å². The van der Waals surface area contributed by atoms with Crippen molar-refractivity contribution in [2.45, 2.75) is 38.6 Å². The Morgan fingerprint density at radius 1 is 1.15 bits per heavy atom. The highest BCUT2D eigenvalue weighted by atomic mass is 16.5. The van der Waals surface area contributed by atoms with Crippen LogP contribution in [-0.2, 0) is 10.2 Å². The summed E-state index contributed by atoms with van der Waals surface area (Å²) in [6, 6.07) is 8.51. The molecule has 7 heteroatoms.